The molecule has 0 heterocycles. The molecule has 158 valence electrons. The summed E-state index contributed by atoms with van der Waals surface area (Å²) in [7, 11) is -3.01. The summed E-state index contributed by atoms with van der Waals surface area (Å²) in [5.41, 5.74) is -0.287. The van der Waals surface area contributed by atoms with E-state index in [0.717, 1.165) is 18.2 Å². The van der Waals surface area contributed by atoms with Gasteiger partial charge in [0, 0.05) is 0 Å². The Morgan fingerprint density at radius 3 is 2.47 bits per heavy atom. The lowest BCUT2D eigenvalue weighted by atomic mass is 9.99. The lowest BCUT2D eigenvalue weighted by Crippen LogP contribution is -2.12. The number of rotatable bonds is 6. The summed E-state index contributed by atoms with van der Waals surface area (Å²) in [5, 5.41) is 9.17. The molecule has 0 aromatic heterocycles. The minimum absolute atomic E-state index is 0.0367. The number of aromatic carboxylic acids is 1. The van der Waals surface area contributed by atoms with Crippen LogP contribution in [0.25, 0.3) is 5.57 Å². The molecule has 0 bridgehead atoms. The standard InChI is InChI=1S/C21H17F3O5S/c1-29-18-9-6-14(20(25)26)11-19(18)30(27,28)12-15-10-16(21(22,23)24)7-8-17(15)13-4-2-3-5-13/h2,4-11H,3,12H2,1H3,(H,25,26). The smallest absolute Gasteiger partial charge is 0.416 e. The number of carbonyl (C=O) groups is 1. The summed E-state index contributed by atoms with van der Waals surface area (Å²) in [5.74, 6) is -2.18. The first-order valence-electron chi connectivity index (χ1n) is 8.74. The number of ether oxygens (including phenoxy) is 1. The van der Waals surface area contributed by atoms with E-state index in [0.29, 0.717) is 17.6 Å². The number of carboxylic acids is 1. The van der Waals surface area contributed by atoms with E-state index in [1.165, 1.54) is 25.3 Å². The van der Waals surface area contributed by atoms with Crippen molar-refractivity contribution >= 4 is 21.4 Å². The summed E-state index contributed by atoms with van der Waals surface area (Å²) in [4.78, 5) is 10.8. The Balaban J connectivity index is 2.13. The number of sulfone groups is 1. The fraction of sp³-hybridized carbons (Fsp3) is 0.190. The first-order chi connectivity index (χ1) is 14.0. The first kappa shape index (κ1) is 21.6. The molecule has 0 unspecified atom stereocenters. The highest BCUT2D eigenvalue weighted by molar-refractivity contribution is 7.90. The molecule has 1 aliphatic rings. The van der Waals surface area contributed by atoms with Crippen molar-refractivity contribution in [1.82, 2.24) is 0 Å². The number of allylic oxidation sites excluding steroid dienone is 4. The molecule has 1 aliphatic carbocycles. The quantitative estimate of drug-likeness (QED) is 0.705. The molecule has 0 amide bonds. The van der Waals surface area contributed by atoms with Crippen molar-refractivity contribution in [3.63, 3.8) is 0 Å². The molecule has 2 aromatic rings. The number of benzene rings is 2. The number of halogens is 3. The maximum Gasteiger partial charge on any atom is 0.416 e. The Kier molecular flexibility index (Phi) is 5.76. The number of alkyl halides is 3. The van der Waals surface area contributed by atoms with Crippen molar-refractivity contribution in [2.75, 3.05) is 7.11 Å². The Hall–Kier alpha value is -3.07. The predicted octanol–water partition coefficient (Wildman–Crippen LogP) is 4.73. The van der Waals surface area contributed by atoms with Gasteiger partial charge in [0.1, 0.15) is 10.6 Å². The normalized spacial score (nSPS) is 13.9. The van der Waals surface area contributed by atoms with E-state index in [-0.39, 0.29) is 16.9 Å². The molecule has 0 saturated carbocycles. The third-order valence-corrected chi connectivity index (χ3v) is 6.29. The van der Waals surface area contributed by atoms with E-state index < -0.39 is 38.2 Å². The fourth-order valence-electron chi connectivity index (χ4n) is 3.16. The lowest BCUT2D eigenvalue weighted by molar-refractivity contribution is -0.137. The van der Waals surface area contributed by atoms with Gasteiger partial charge in [0.15, 0.2) is 9.84 Å². The average molecular weight is 438 g/mol. The summed E-state index contributed by atoms with van der Waals surface area (Å²) in [6.45, 7) is 0. The molecule has 2 aromatic carbocycles. The van der Waals surface area contributed by atoms with Crippen molar-refractivity contribution in [2.24, 2.45) is 0 Å². The Labute approximate surface area is 171 Å². The van der Waals surface area contributed by atoms with Gasteiger partial charge in [0.2, 0.25) is 0 Å². The Morgan fingerprint density at radius 2 is 1.90 bits per heavy atom. The van der Waals surface area contributed by atoms with E-state index in [1.54, 1.807) is 12.2 Å². The molecular weight excluding hydrogens is 421 g/mol. The number of methoxy groups -OCH3 is 1. The van der Waals surface area contributed by atoms with Gasteiger partial charge in [0.05, 0.1) is 24.0 Å². The van der Waals surface area contributed by atoms with Crippen LogP contribution in [0, 0.1) is 0 Å². The second-order valence-corrected chi connectivity index (χ2v) is 8.56. The Bertz CT molecular complexity index is 1160. The minimum Gasteiger partial charge on any atom is -0.495 e. The fourth-order valence-corrected chi connectivity index (χ4v) is 4.73. The first-order valence-corrected chi connectivity index (χ1v) is 10.4. The number of hydrogen-bond donors (Lipinski definition) is 1. The molecule has 0 atom stereocenters. The van der Waals surface area contributed by atoms with Crippen molar-refractivity contribution in [3.8, 4) is 5.75 Å². The van der Waals surface area contributed by atoms with Gasteiger partial charge in [-0.3, -0.25) is 0 Å². The Morgan fingerprint density at radius 1 is 1.17 bits per heavy atom. The zero-order valence-corrected chi connectivity index (χ0v) is 16.5. The molecule has 0 aliphatic heterocycles. The van der Waals surface area contributed by atoms with Crippen LogP contribution in [-0.2, 0) is 21.8 Å². The van der Waals surface area contributed by atoms with Crippen molar-refractivity contribution in [1.29, 1.82) is 0 Å². The largest absolute Gasteiger partial charge is 0.495 e. The second kappa shape index (κ2) is 7.98. The minimum atomic E-state index is -4.64. The molecule has 0 spiro atoms. The van der Waals surface area contributed by atoms with Gasteiger partial charge in [-0.1, -0.05) is 24.3 Å². The van der Waals surface area contributed by atoms with Gasteiger partial charge in [-0.15, -0.1) is 0 Å². The maximum absolute atomic E-state index is 13.2. The van der Waals surface area contributed by atoms with Crippen molar-refractivity contribution < 1.29 is 36.2 Å². The molecule has 5 nitrogen and oxygen atoms in total. The third-order valence-electron chi connectivity index (χ3n) is 4.61. The second-order valence-electron chi connectivity index (χ2n) is 6.60. The zero-order chi connectivity index (χ0) is 22.1. The molecule has 0 fully saturated rings. The van der Waals surface area contributed by atoms with Gasteiger partial charge >= 0.3 is 12.1 Å². The molecular formula is C21H17F3O5S. The number of carboxylic acid groups (broad SMARTS) is 1. The van der Waals surface area contributed by atoms with Gasteiger partial charge in [0.25, 0.3) is 0 Å². The molecule has 9 heteroatoms. The molecule has 1 N–H and O–H groups in total. The van der Waals surface area contributed by atoms with Gasteiger partial charge in [-0.25, -0.2) is 13.2 Å². The topological polar surface area (TPSA) is 80.7 Å². The number of hydrogen-bond acceptors (Lipinski definition) is 4. The monoisotopic (exact) mass is 438 g/mol. The van der Waals surface area contributed by atoms with Crippen LogP contribution in [0.3, 0.4) is 0 Å². The summed E-state index contributed by atoms with van der Waals surface area (Å²) >= 11 is 0. The van der Waals surface area contributed by atoms with E-state index in [1.807, 2.05) is 6.08 Å². The highest BCUT2D eigenvalue weighted by atomic mass is 32.2. The van der Waals surface area contributed by atoms with E-state index in [4.69, 9.17) is 9.84 Å². The summed E-state index contributed by atoms with van der Waals surface area (Å²) in [6.07, 6.45) is 1.26. The molecule has 3 rings (SSSR count). The van der Waals surface area contributed by atoms with Gasteiger partial charge in [-0.2, -0.15) is 13.2 Å². The van der Waals surface area contributed by atoms with Gasteiger partial charge < -0.3 is 9.84 Å². The maximum atomic E-state index is 13.2. The highest BCUT2D eigenvalue weighted by Crippen LogP contribution is 2.36. The van der Waals surface area contributed by atoms with Crippen LogP contribution in [-0.4, -0.2) is 26.6 Å². The SMILES string of the molecule is COc1ccc(C(=O)O)cc1S(=O)(=O)Cc1cc(C(F)(F)F)ccc1C1=CCC=C1. The lowest BCUT2D eigenvalue weighted by Gasteiger charge is -2.16. The van der Waals surface area contributed by atoms with E-state index in [2.05, 4.69) is 0 Å². The van der Waals surface area contributed by atoms with Crippen LogP contribution in [0.2, 0.25) is 0 Å². The molecule has 30 heavy (non-hydrogen) atoms. The summed E-state index contributed by atoms with van der Waals surface area (Å²) < 4.78 is 70.9. The average Bonchev–Trinajstić information content (AvgIpc) is 3.20. The molecule has 0 radical (unpaired) electrons. The highest BCUT2D eigenvalue weighted by Gasteiger charge is 2.32. The zero-order valence-electron chi connectivity index (χ0n) is 15.7. The van der Waals surface area contributed by atoms with Crippen LogP contribution < -0.4 is 4.74 Å². The van der Waals surface area contributed by atoms with Crippen LogP contribution in [0.15, 0.2) is 59.5 Å². The van der Waals surface area contributed by atoms with Crippen molar-refractivity contribution in [2.45, 2.75) is 23.2 Å². The van der Waals surface area contributed by atoms with E-state index in [9.17, 15) is 26.4 Å². The van der Waals surface area contributed by atoms with Crippen LogP contribution >= 0.6 is 0 Å². The van der Waals surface area contributed by atoms with Crippen LogP contribution in [0.4, 0.5) is 13.2 Å². The van der Waals surface area contributed by atoms with Gasteiger partial charge in [-0.05, 0) is 53.5 Å². The van der Waals surface area contributed by atoms with Crippen LogP contribution in [0.1, 0.15) is 33.5 Å². The molecule has 0 saturated heterocycles. The van der Waals surface area contributed by atoms with E-state index >= 15 is 0 Å². The predicted molar refractivity (Wildman–Crippen MR) is 104 cm³/mol. The van der Waals surface area contributed by atoms with Crippen molar-refractivity contribution in [3.05, 3.63) is 76.9 Å². The third kappa shape index (κ3) is 4.40. The summed E-state index contributed by atoms with van der Waals surface area (Å²) in [6, 6.07) is 6.30. The van der Waals surface area contributed by atoms with Crippen LogP contribution in [0.5, 0.6) is 5.75 Å².